The summed E-state index contributed by atoms with van der Waals surface area (Å²) in [4.78, 5) is 61.3. The molecule has 0 heterocycles. The van der Waals surface area contributed by atoms with Gasteiger partial charge in [-0.25, -0.2) is 4.79 Å². The summed E-state index contributed by atoms with van der Waals surface area (Å²) < 4.78 is 0. The normalized spacial score (nSPS) is 14.2. The van der Waals surface area contributed by atoms with Crippen LogP contribution >= 0.6 is 11.8 Å². The number of benzene rings is 1. The van der Waals surface area contributed by atoms with Crippen molar-refractivity contribution in [3.8, 4) is 5.75 Å². The molecule has 0 aliphatic heterocycles. The number of carbonyl (C=O) groups is 5. The number of nitrogens with two attached hydrogens (primary N) is 2. The van der Waals surface area contributed by atoms with Crippen molar-refractivity contribution in [2.24, 2.45) is 17.4 Å². The van der Waals surface area contributed by atoms with Crippen LogP contribution in [0, 0.1) is 5.92 Å². The Hall–Kier alpha value is -3.32. The number of amides is 4. The van der Waals surface area contributed by atoms with Gasteiger partial charge in [0.1, 0.15) is 23.9 Å². The Balaban J connectivity index is 2.93. The topological polar surface area (TPSA) is 214 Å². The van der Waals surface area contributed by atoms with Crippen LogP contribution in [0.4, 0.5) is 0 Å². The first-order valence-electron chi connectivity index (χ1n) is 11.8. The van der Waals surface area contributed by atoms with Crippen LogP contribution in [0.1, 0.15) is 38.7 Å². The van der Waals surface area contributed by atoms with Crippen LogP contribution in [0.15, 0.2) is 24.3 Å². The Morgan fingerprint density at radius 1 is 0.919 bits per heavy atom. The molecule has 13 heteroatoms. The number of phenols is 1. The molecule has 37 heavy (non-hydrogen) atoms. The van der Waals surface area contributed by atoms with Crippen molar-refractivity contribution in [3.63, 3.8) is 0 Å². The Morgan fingerprint density at radius 2 is 1.51 bits per heavy atom. The second kappa shape index (κ2) is 15.7. The third-order valence-electron chi connectivity index (χ3n) is 5.52. The number of hydrogen-bond donors (Lipinski definition) is 7. The predicted molar refractivity (Wildman–Crippen MR) is 139 cm³/mol. The van der Waals surface area contributed by atoms with Gasteiger partial charge < -0.3 is 37.6 Å². The lowest BCUT2D eigenvalue weighted by molar-refractivity contribution is -0.142. The van der Waals surface area contributed by atoms with E-state index in [1.165, 1.54) is 23.9 Å². The van der Waals surface area contributed by atoms with E-state index in [-0.39, 0.29) is 31.4 Å². The van der Waals surface area contributed by atoms with Gasteiger partial charge in [-0.1, -0.05) is 26.0 Å². The van der Waals surface area contributed by atoms with Gasteiger partial charge in [0.05, 0.1) is 6.04 Å². The Kier molecular flexibility index (Phi) is 13.5. The number of phenolic OH excluding ortho intramolecular Hbond substituents is 1. The van der Waals surface area contributed by atoms with Crippen molar-refractivity contribution in [3.05, 3.63) is 29.8 Å². The SMILES string of the molecule is CSCCC(NC(=O)C(N)CCC(N)=O)C(=O)NC(C(=O)NC(Cc1ccc(O)cc1)C(=O)O)C(C)C. The fourth-order valence-electron chi connectivity index (χ4n) is 3.33. The molecule has 9 N–H and O–H groups in total. The van der Waals surface area contributed by atoms with E-state index in [1.807, 2.05) is 6.26 Å². The number of carboxylic acid groups (broad SMARTS) is 1. The molecule has 206 valence electrons. The average molecular weight is 540 g/mol. The van der Waals surface area contributed by atoms with E-state index < -0.39 is 59.7 Å². The third kappa shape index (κ3) is 11.5. The molecule has 12 nitrogen and oxygen atoms in total. The highest BCUT2D eigenvalue weighted by atomic mass is 32.2. The van der Waals surface area contributed by atoms with Gasteiger partial charge >= 0.3 is 5.97 Å². The summed E-state index contributed by atoms with van der Waals surface area (Å²) in [6, 6.07) is 1.53. The van der Waals surface area contributed by atoms with E-state index >= 15 is 0 Å². The number of aromatic hydroxyl groups is 1. The summed E-state index contributed by atoms with van der Waals surface area (Å²) in [5.41, 5.74) is 11.5. The number of carboxylic acids is 1. The van der Waals surface area contributed by atoms with E-state index in [1.54, 1.807) is 26.0 Å². The predicted octanol–water partition coefficient (Wildman–Crippen LogP) is -0.524. The van der Waals surface area contributed by atoms with E-state index in [0.29, 0.717) is 11.3 Å². The molecule has 1 aromatic carbocycles. The van der Waals surface area contributed by atoms with Gasteiger partial charge in [-0.3, -0.25) is 19.2 Å². The number of thioether (sulfide) groups is 1. The zero-order valence-electron chi connectivity index (χ0n) is 21.2. The largest absolute Gasteiger partial charge is 0.508 e. The average Bonchev–Trinajstić information content (AvgIpc) is 2.83. The van der Waals surface area contributed by atoms with Gasteiger partial charge in [-0.05, 0) is 48.5 Å². The number of rotatable bonds is 16. The van der Waals surface area contributed by atoms with Crippen molar-refractivity contribution in [1.82, 2.24) is 16.0 Å². The van der Waals surface area contributed by atoms with E-state index in [9.17, 15) is 34.2 Å². The molecule has 0 saturated heterocycles. The summed E-state index contributed by atoms with van der Waals surface area (Å²) in [5.74, 6) is -3.65. The van der Waals surface area contributed by atoms with Crippen molar-refractivity contribution in [2.75, 3.05) is 12.0 Å². The van der Waals surface area contributed by atoms with Crippen LogP contribution in [0.3, 0.4) is 0 Å². The zero-order valence-corrected chi connectivity index (χ0v) is 22.0. The Bertz CT molecular complexity index is 942. The number of primary amides is 1. The van der Waals surface area contributed by atoms with Gasteiger partial charge in [-0.2, -0.15) is 11.8 Å². The molecule has 0 aliphatic rings. The van der Waals surface area contributed by atoms with Gasteiger partial charge in [0.2, 0.25) is 23.6 Å². The molecule has 4 unspecified atom stereocenters. The lowest BCUT2D eigenvalue weighted by Crippen LogP contribution is -2.58. The molecule has 0 spiro atoms. The number of carbonyl (C=O) groups excluding carboxylic acids is 4. The minimum absolute atomic E-state index is 0.0205. The fourth-order valence-corrected chi connectivity index (χ4v) is 3.80. The highest BCUT2D eigenvalue weighted by molar-refractivity contribution is 7.98. The van der Waals surface area contributed by atoms with Crippen molar-refractivity contribution >= 4 is 41.4 Å². The molecular formula is C24H37N5O7S. The van der Waals surface area contributed by atoms with Crippen LogP contribution in [0.25, 0.3) is 0 Å². The quantitative estimate of drug-likeness (QED) is 0.144. The Morgan fingerprint density at radius 3 is 2.03 bits per heavy atom. The molecule has 4 atom stereocenters. The summed E-state index contributed by atoms with van der Waals surface area (Å²) >= 11 is 1.46. The molecule has 0 bridgehead atoms. The molecule has 1 rings (SSSR count). The number of hydrogen-bond acceptors (Lipinski definition) is 8. The lowest BCUT2D eigenvalue weighted by atomic mass is 10.0. The third-order valence-corrected chi connectivity index (χ3v) is 6.16. The smallest absolute Gasteiger partial charge is 0.326 e. The molecule has 0 aliphatic carbocycles. The van der Waals surface area contributed by atoms with Crippen LogP contribution in [0.5, 0.6) is 5.75 Å². The molecule has 0 saturated carbocycles. The van der Waals surface area contributed by atoms with Crippen LogP contribution in [-0.4, -0.2) is 76.0 Å². The molecule has 0 aromatic heterocycles. The summed E-state index contributed by atoms with van der Waals surface area (Å²) in [6.45, 7) is 3.38. The van der Waals surface area contributed by atoms with Gasteiger partial charge in [0, 0.05) is 12.8 Å². The minimum atomic E-state index is -1.27. The maximum absolute atomic E-state index is 13.1. The maximum atomic E-state index is 13.1. The first-order chi connectivity index (χ1) is 17.3. The molecule has 4 amide bonds. The monoisotopic (exact) mass is 539 g/mol. The van der Waals surface area contributed by atoms with Gasteiger partial charge in [0.25, 0.3) is 0 Å². The van der Waals surface area contributed by atoms with Crippen LogP contribution in [-0.2, 0) is 30.4 Å². The van der Waals surface area contributed by atoms with Crippen LogP contribution in [0.2, 0.25) is 0 Å². The maximum Gasteiger partial charge on any atom is 0.326 e. The standard InChI is InChI=1S/C24H37N5O7S/c1-13(2)20(23(34)28-18(24(35)36)12-14-4-6-15(30)7-5-14)29-22(33)17(10-11-37-3)27-21(32)16(25)8-9-19(26)31/h4-7,13,16-18,20,30H,8-12,25H2,1-3H3,(H2,26,31)(H,27,32)(H,28,34)(H,29,33)(H,35,36). The van der Waals surface area contributed by atoms with Crippen molar-refractivity contribution < 1.29 is 34.2 Å². The number of nitrogens with one attached hydrogen (secondary N) is 3. The van der Waals surface area contributed by atoms with E-state index in [4.69, 9.17) is 11.5 Å². The highest BCUT2D eigenvalue weighted by Gasteiger charge is 2.32. The molecule has 1 aromatic rings. The first kappa shape index (κ1) is 31.7. The molecular weight excluding hydrogens is 502 g/mol. The fraction of sp³-hybridized carbons (Fsp3) is 0.542. The summed E-state index contributed by atoms with van der Waals surface area (Å²) in [7, 11) is 0. The second-order valence-corrected chi connectivity index (χ2v) is 9.94. The molecule has 0 radical (unpaired) electrons. The summed E-state index contributed by atoms with van der Waals surface area (Å²) in [5, 5.41) is 26.7. The van der Waals surface area contributed by atoms with Crippen LogP contribution < -0.4 is 27.4 Å². The van der Waals surface area contributed by atoms with Crippen molar-refractivity contribution in [2.45, 2.75) is 63.7 Å². The van der Waals surface area contributed by atoms with Gasteiger partial charge in [-0.15, -0.1) is 0 Å². The first-order valence-corrected chi connectivity index (χ1v) is 13.2. The van der Waals surface area contributed by atoms with Gasteiger partial charge in [0.15, 0.2) is 0 Å². The van der Waals surface area contributed by atoms with Crippen molar-refractivity contribution in [1.29, 1.82) is 0 Å². The van der Waals surface area contributed by atoms with E-state index in [0.717, 1.165) is 0 Å². The lowest BCUT2D eigenvalue weighted by Gasteiger charge is -2.27. The number of aliphatic carboxylic acids is 1. The highest BCUT2D eigenvalue weighted by Crippen LogP contribution is 2.12. The molecule has 0 fully saturated rings. The van der Waals surface area contributed by atoms with E-state index in [2.05, 4.69) is 16.0 Å². The Labute approximate surface area is 220 Å². The second-order valence-electron chi connectivity index (χ2n) is 8.95. The summed E-state index contributed by atoms with van der Waals surface area (Å²) in [6.07, 6.45) is 2.00. The minimum Gasteiger partial charge on any atom is -0.508 e. The zero-order chi connectivity index (χ0) is 28.1.